The molecule has 0 amide bonds. The molecular weight excluding hydrogens is 236 g/mol. The predicted molar refractivity (Wildman–Crippen MR) is 64.6 cm³/mol. The van der Waals surface area contributed by atoms with E-state index in [1.54, 1.807) is 6.08 Å². The maximum atomic E-state index is 11.9. The molecule has 0 radical (unpaired) electrons. The number of methoxy groups -OCH3 is 1. The molecule has 0 aromatic rings. The molecule has 0 saturated carbocycles. The molecule has 0 bridgehead atoms. The molecule has 1 rings (SSSR count). The maximum absolute atomic E-state index is 11.9. The minimum atomic E-state index is -1.02. The minimum Gasteiger partial charge on any atom is -0.496 e. The van der Waals surface area contributed by atoms with Gasteiger partial charge in [-0.2, -0.15) is 0 Å². The van der Waals surface area contributed by atoms with Crippen LogP contribution in [0.4, 0.5) is 0 Å². The van der Waals surface area contributed by atoms with Crippen molar-refractivity contribution in [2.75, 3.05) is 20.3 Å². The largest absolute Gasteiger partial charge is 0.496 e. The van der Waals surface area contributed by atoms with E-state index in [1.807, 2.05) is 20.8 Å². The zero-order chi connectivity index (χ0) is 14.0. The van der Waals surface area contributed by atoms with E-state index in [1.165, 1.54) is 14.0 Å². The van der Waals surface area contributed by atoms with Gasteiger partial charge in [0.05, 0.1) is 12.9 Å². The van der Waals surface area contributed by atoms with Crippen molar-refractivity contribution >= 4 is 11.9 Å². The van der Waals surface area contributed by atoms with E-state index in [0.717, 1.165) is 0 Å². The van der Waals surface area contributed by atoms with Crippen LogP contribution in [0.3, 0.4) is 0 Å². The second kappa shape index (κ2) is 5.00. The van der Waals surface area contributed by atoms with Gasteiger partial charge in [-0.25, -0.2) is 0 Å². The summed E-state index contributed by atoms with van der Waals surface area (Å²) in [5.74, 6) is -0.182. The summed E-state index contributed by atoms with van der Waals surface area (Å²) < 4.78 is 15.3. The van der Waals surface area contributed by atoms with Crippen LogP contribution in [0, 0.1) is 10.8 Å². The highest BCUT2D eigenvalue weighted by molar-refractivity contribution is 5.80. The molecule has 0 aliphatic carbocycles. The molecule has 5 nitrogen and oxygen atoms in total. The molecule has 1 aliphatic rings. The molecule has 1 aliphatic heterocycles. The van der Waals surface area contributed by atoms with Gasteiger partial charge < -0.3 is 14.2 Å². The van der Waals surface area contributed by atoms with Crippen molar-refractivity contribution in [2.45, 2.75) is 27.7 Å². The summed E-state index contributed by atoms with van der Waals surface area (Å²) in [7, 11) is 1.31. The van der Waals surface area contributed by atoms with Crippen LogP contribution >= 0.6 is 0 Å². The molecule has 1 unspecified atom stereocenters. The Hall–Kier alpha value is -1.52. The highest BCUT2D eigenvalue weighted by Gasteiger charge is 2.46. The minimum absolute atomic E-state index is 0.0609. The highest BCUT2D eigenvalue weighted by Crippen LogP contribution is 2.39. The molecular formula is C13H20O5. The van der Waals surface area contributed by atoms with E-state index in [2.05, 4.69) is 0 Å². The van der Waals surface area contributed by atoms with Crippen molar-refractivity contribution in [3.63, 3.8) is 0 Å². The third kappa shape index (κ3) is 3.03. The number of ether oxygens (including phenoxy) is 3. The average molecular weight is 256 g/mol. The van der Waals surface area contributed by atoms with Gasteiger partial charge in [-0.05, 0) is 6.08 Å². The van der Waals surface area contributed by atoms with Crippen molar-refractivity contribution in [1.29, 1.82) is 0 Å². The fraction of sp³-hybridized carbons (Fsp3) is 0.692. The number of carbonyl (C=O) groups is 2. The Morgan fingerprint density at radius 3 is 2.44 bits per heavy atom. The van der Waals surface area contributed by atoms with E-state index in [-0.39, 0.29) is 18.6 Å². The predicted octanol–water partition coefficient (Wildman–Crippen LogP) is 1.67. The number of rotatable bonds is 3. The molecule has 5 heteroatoms. The highest BCUT2D eigenvalue weighted by atomic mass is 16.6. The lowest BCUT2D eigenvalue weighted by Gasteiger charge is -2.21. The molecule has 0 aromatic heterocycles. The van der Waals surface area contributed by atoms with Gasteiger partial charge in [0, 0.05) is 12.3 Å². The third-order valence-electron chi connectivity index (χ3n) is 2.76. The van der Waals surface area contributed by atoms with E-state index in [9.17, 15) is 9.59 Å². The number of hydrogen-bond acceptors (Lipinski definition) is 5. The summed E-state index contributed by atoms with van der Waals surface area (Å²) in [6.07, 6.45) is 1.71. The van der Waals surface area contributed by atoms with Crippen molar-refractivity contribution in [3.8, 4) is 0 Å². The molecule has 102 valence electrons. The molecule has 1 heterocycles. The van der Waals surface area contributed by atoms with Gasteiger partial charge in [-0.15, -0.1) is 0 Å². The van der Waals surface area contributed by atoms with Gasteiger partial charge in [-0.3, -0.25) is 9.59 Å². The maximum Gasteiger partial charge on any atom is 0.322 e. The molecule has 0 fully saturated rings. The van der Waals surface area contributed by atoms with Gasteiger partial charge in [0.25, 0.3) is 0 Å². The number of esters is 2. The van der Waals surface area contributed by atoms with Gasteiger partial charge in [-0.1, -0.05) is 20.8 Å². The Kier molecular flexibility index (Phi) is 4.04. The Labute approximate surface area is 107 Å². The first-order valence-corrected chi connectivity index (χ1v) is 5.79. The Bertz CT molecular complexity index is 377. The summed E-state index contributed by atoms with van der Waals surface area (Å²) in [6.45, 7) is 7.33. The van der Waals surface area contributed by atoms with E-state index < -0.39 is 17.4 Å². The fourth-order valence-corrected chi connectivity index (χ4v) is 1.67. The Morgan fingerprint density at radius 1 is 1.44 bits per heavy atom. The van der Waals surface area contributed by atoms with E-state index in [4.69, 9.17) is 14.2 Å². The molecule has 0 saturated heterocycles. The van der Waals surface area contributed by atoms with Crippen molar-refractivity contribution < 1.29 is 23.8 Å². The van der Waals surface area contributed by atoms with Crippen LogP contribution in [0.2, 0.25) is 0 Å². The fourth-order valence-electron chi connectivity index (χ4n) is 1.67. The van der Waals surface area contributed by atoms with Crippen molar-refractivity contribution in [2.24, 2.45) is 10.8 Å². The van der Waals surface area contributed by atoms with Crippen LogP contribution in [0.25, 0.3) is 0 Å². The normalized spacial score (nSPS) is 23.1. The summed E-state index contributed by atoms with van der Waals surface area (Å²) in [5, 5.41) is 0. The summed E-state index contributed by atoms with van der Waals surface area (Å²) >= 11 is 0. The quantitative estimate of drug-likeness (QED) is 0.719. The monoisotopic (exact) mass is 256 g/mol. The van der Waals surface area contributed by atoms with Crippen LogP contribution < -0.4 is 0 Å². The number of hydrogen-bond donors (Lipinski definition) is 0. The SMILES string of the molecule is COC(=O)C1(COC(C)=O)C=C(C(C)(C)C)OC1. The Balaban J connectivity index is 2.98. The van der Waals surface area contributed by atoms with Gasteiger partial charge >= 0.3 is 11.9 Å². The molecule has 1 atom stereocenters. The van der Waals surface area contributed by atoms with Gasteiger partial charge in [0.15, 0.2) is 5.41 Å². The molecule has 0 aromatic carbocycles. The molecule has 18 heavy (non-hydrogen) atoms. The smallest absolute Gasteiger partial charge is 0.322 e. The summed E-state index contributed by atoms with van der Waals surface area (Å²) in [6, 6.07) is 0. The van der Waals surface area contributed by atoms with Crippen LogP contribution in [0.15, 0.2) is 11.8 Å². The van der Waals surface area contributed by atoms with Gasteiger partial charge in [0.1, 0.15) is 13.2 Å². The number of allylic oxidation sites excluding steroid dienone is 1. The van der Waals surface area contributed by atoms with Crippen molar-refractivity contribution in [1.82, 2.24) is 0 Å². The lowest BCUT2D eigenvalue weighted by molar-refractivity contribution is -0.158. The van der Waals surface area contributed by atoms with Crippen LogP contribution in [-0.2, 0) is 23.8 Å². The zero-order valence-corrected chi connectivity index (χ0v) is 11.5. The van der Waals surface area contributed by atoms with Crippen LogP contribution in [-0.4, -0.2) is 32.3 Å². The van der Waals surface area contributed by atoms with Crippen LogP contribution in [0.1, 0.15) is 27.7 Å². The standard InChI is InChI=1S/C13H20O5/c1-9(14)17-7-13(11(15)16-5)6-10(18-8-13)12(2,3)4/h6H,7-8H2,1-5H3. The lowest BCUT2D eigenvalue weighted by Crippen LogP contribution is -2.37. The molecule has 0 N–H and O–H groups in total. The van der Waals surface area contributed by atoms with Crippen LogP contribution in [0.5, 0.6) is 0 Å². The first-order valence-electron chi connectivity index (χ1n) is 5.79. The van der Waals surface area contributed by atoms with E-state index >= 15 is 0 Å². The van der Waals surface area contributed by atoms with E-state index in [0.29, 0.717) is 5.76 Å². The number of carbonyl (C=O) groups excluding carboxylic acids is 2. The summed E-state index contributed by atoms with van der Waals surface area (Å²) in [4.78, 5) is 22.8. The topological polar surface area (TPSA) is 61.8 Å². The second-order valence-corrected chi connectivity index (χ2v) is 5.48. The summed E-state index contributed by atoms with van der Waals surface area (Å²) in [5.41, 5.74) is -1.23. The second-order valence-electron chi connectivity index (χ2n) is 5.48. The van der Waals surface area contributed by atoms with Gasteiger partial charge in [0.2, 0.25) is 0 Å². The first kappa shape index (κ1) is 14.5. The zero-order valence-electron chi connectivity index (χ0n) is 11.5. The van der Waals surface area contributed by atoms with Crippen molar-refractivity contribution in [3.05, 3.63) is 11.8 Å². The first-order chi connectivity index (χ1) is 8.21. The molecule has 0 spiro atoms. The third-order valence-corrected chi connectivity index (χ3v) is 2.76. The average Bonchev–Trinajstić information content (AvgIpc) is 2.70. The lowest BCUT2D eigenvalue weighted by atomic mass is 9.86. The Morgan fingerprint density at radius 2 is 2.06 bits per heavy atom.